The molecule has 2 nitrogen and oxygen atoms in total. The fraction of sp³-hybridized carbons (Fsp3) is 0.538. The van der Waals surface area contributed by atoms with Gasteiger partial charge < -0.3 is 9.84 Å². The van der Waals surface area contributed by atoms with Crippen LogP contribution in [0.1, 0.15) is 37.0 Å². The van der Waals surface area contributed by atoms with Gasteiger partial charge in [-0.15, -0.1) is 0 Å². The predicted molar refractivity (Wildman–Crippen MR) is 70.4 cm³/mol. The predicted octanol–water partition coefficient (Wildman–Crippen LogP) is 3.22. The maximum atomic E-state index is 9.93. The molecule has 0 radical (unpaired) electrons. The molecule has 0 aliphatic heterocycles. The molecule has 1 aromatic rings. The van der Waals surface area contributed by atoms with Gasteiger partial charge in [-0.05, 0) is 35.4 Å². The molecule has 0 amide bonds. The van der Waals surface area contributed by atoms with Gasteiger partial charge in [0, 0.05) is 5.75 Å². The molecule has 90 valence electrons. The summed E-state index contributed by atoms with van der Waals surface area (Å²) in [7, 11) is 1.68. The molecule has 0 bridgehead atoms. The third kappa shape index (κ3) is 3.16. The third-order valence-corrected chi connectivity index (χ3v) is 3.23. The van der Waals surface area contributed by atoms with Crippen LogP contribution in [-0.2, 0) is 0 Å². The Kier molecular flexibility index (Phi) is 5.16. The van der Waals surface area contributed by atoms with Crippen LogP contribution in [0.5, 0.6) is 5.75 Å². The molecule has 0 fully saturated rings. The van der Waals surface area contributed by atoms with Crippen LogP contribution in [0.2, 0.25) is 0 Å². The zero-order valence-corrected chi connectivity index (χ0v) is 11.2. The molecule has 1 aromatic carbocycles. The van der Waals surface area contributed by atoms with E-state index in [9.17, 15) is 5.11 Å². The summed E-state index contributed by atoms with van der Waals surface area (Å²) in [5.41, 5.74) is 2.12. The molecule has 1 atom stereocenters. The highest BCUT2D eigenvalue weighted by Gasteiger charge is 2.12. The number of aliphatic hydroxyl groups is 1. The molecule has 1 unspecified atom stereocenters. The maximum Gasteiger partial charge on any atom is 0.122 e. The summed E-state index contributed by atoms with van der Waals surface area (Å²) in [5, 5.41) is 9.93. The topological polar surface area (TPSA) is 29.5 Å². The molecular formula is C13H20O2S. The average Bonchev–Trinajstić information content (AvgIpc) is 2.28. The second-order valence-electron chi connectivity index (χ2n) is 4.13. The van der Waals surface area contributed by atoms with Crippen molar-refractivity contribution in [1.29, 1.82) is 0 Å². The smallest absolute Gasteiger partial charge is 0.122 e. The van der Waals surface area contributed by atoms with Crippen molar-refractivity contribution in [2.24, 2.45) is 0 Å². The first kappa shape index (κ1) is 13.4. The van der Waals surface area contributed by atoms with Crippen molar-refractivity contribution >= 4 is 11.8 Å². The monoisotopic (exact) mass is 240 g/mol. The van der Waals surface area contributed by atoms with Crippen LogP contribution >= 0.6 is 11.8 Å². The number of benzene rings is 1. The van der Waals surface area contributed by atoms with E-state index in [1.54, 1.807) is 18.9 Å². The van der Waals surface area contributed by atoms with E-state index in [-0.39, 0.29) is 0 Å². The molecule has 0 saturated heterocycles. The van der Waals surface area contributed by atoms with Crippen molar-refractivity contribution in [2.45, 2.75) is 25.9 Å². The third-order valence-electron chi connectivity index (χ3n) is 2.59. The van der Waals surface area contributed by atoms with Crippen molar-refractivity contribution in [3.63, 3.8) is 0 Å². The molecular weight excluding hydrogens is 220 g/mol. The Balaban J connectivity index is 3.01. The SMILES string of the molecule is COc1ccc(C(O)CSC)cc1C(C)C. The lowest BCUT2D eigenvalue weighted by Gasteiger charge is -2.16. The Morgan fingerprint density at radius 2 is 2.06 bits per heavy atom. The molecule has 1 N–H and O–H groups in total. The first-order valence-electron chi connectivity index (χ1n) is 5.45. The summed E-state index contributed by atoms with van der Waals surface area (Å²) >= 11 is 1.65. The number of thioether (sulfide) groups is 1. The Bertz CT molecular complexity index is 337. The Labute approximate surface area is 102 Å². The van der Waals surface area contributed by atoms with E-state index in [1.165, 1.54) is 0 Å². The van der Waals surface area contributed by atoms with Crippen LogP contribution in [0, 0.1) is 0 Å². The van der Waals surface area contributed by atoms with Crippen molar-refractivity contribution in [3.05, 3.63) is 29.3 Å². The average molecular weight is 240 g/mol. The number of rotatable bonds is 5. The number of hydrogen-bond acceptors (Lipinski definition) is 3. The van der Waals surface area contributed by atoms with Gasteiger partial charge in [0.2, 0.25) is 0 Å². The molecule has 0 spiro atoms. The first-order chi connectivity index (χ1) is 7.60. The number of methoxy groups -OCH3 is 1. The molecule has 16 heavy (non-hydrogen) atoms. The molecule has 3 heteroatoms. The Hall–Kier alpha value is -0.670. The zero-order valence-electron chi connectivity index (χ0n) is 10.4. The number of hydrogen-bond donors (Lipinski definition) is 1. The Morgan fingerprint density at radius 3 is 2.56 bits per heavy atom. The largest absolute Gasteiger partial charge is 0.496 e. The summed E-state index contributed by atoms with van der Waals surface area (Å²) in [6, 6.07) is 5.92. The molecule has 0 aromatic heterocycles. The second-order valence-corrected chi connectivity index (χ2v) is 5.04. The van der Waals surface area contributed by atoms with Gasteiger partial charge in [0.1, 0.15) is 5.75 Å². The summed E-state index contributed by atoms with van der Waals surface area (Å²) < 4.78 is 5.31. The van der Waals surface area contributed by atoms with E-state index < -0.39 is 6.10 Å². The molecule has 0 aliphatic carbocycles. The lowest BCUT2D eigenvalue weighted by molar-refractivity contribution is 0.204. The van der Waals surface area contributed by atoms with Gasteiger partial charge in [0.05, 0.1) is 13.2 Å². The van der Waals surface area contributed by atoms with Crippen LogP contribution in [0.4, 0.5) is 0 Å². The normalized spacial score (nSPS) is 12.9. The lowest BCUT2D eigenvalue weighted by Crippen LogP contribution is -2.03. The second kappa shape index (κ2) is 6.16. The number of ether oxygens (including phenoxy) is 1. The van der Waals surface area contributed by atoms with Crippen molar-refractivity contribution in [3.8, 4) is 5.75 Å². The van der Waals surface area contributed by atoms with E-state index in [4.69, 9.17) is 4.74 Å². The van der Waals surface area contributed by atoms with Crippen molar-refractivity contribution < 1.29 is 9.84 Å². The molecule has 0 aliphatic rings. The van der Waals surface area contributed by atoms with Gasteiger partial charge in [-0.2, -0.15) is 11.8 Å². The van der Waals surface area contributed by atoms with Crippen LogP contribution in [0.3, 0.4) is 0 Å². The fourth-order valence-corrected chi connectivity index (χ4v) is 2.17. The quantitative estimate of drug-likeness (QED) is 0.857. The molecule has 0 saturated carbocycles. The highest BCUT2D eigenvalue weighted by Crippen LogP contribution is 2.30. The Morgan fingerprint density at radius 1 is 1.38 bits per heavy atom. The van der Waals surface area contributed by atoms with E-state index in [0.717, 1.165) is 22.6 Å². The fourth-order valence-electron chi connectivity index (χ4n) is 1.67. The first-order valence-corrected chi connectivity index (χ1v) is 6.84. The van der Waals surface area contributed by atoms with Crippen LogP contribution < -0.4 is 4.74 Å². The lowest BCUT2D eigenvalue weighted by atomic mass is 9.98. The van der Waals surface area contributed by atoms with Crippen molar-refractivity contribution in [1.82, 2.24) is 0 Å². The highest BCUT2D eigenvalue weighted by molar-refractivity contribution is 7.98. The van der Waals surface area contributed by atoms with E-state index in [2.05, 4.69) is 13.8 Å². The number of aliphatic hydroxyl groups excluding tert-OH is 1. The van der Waals surface area contributed by atoms with Gasteiger partial charge in [-0.25, -0.2) is 0 Å². The van der Waals surface area contributed by atoms with Crippen LogP contribution in [0.25, 0.3) is 0 Å². The minimum atomic E-state index is -0.390. The summed E-state index contributed by atoms with van der Waals surface area (Å²) in [4.78, 5) is 0. The summed E-state index contributed by atoms with van der Waals surface area (Å²) in [6.45, 7) is 4.26. The summed E-state index contributed by atoms with van der Waals surface area (Å²) in [6.07, 6.45) is 1.61. The van der Waals surface area contributed by atoms with Crippen LogP contribution in [-0.4, -0.2) is 24.2 Å². The van der Waals surface area contributed by atoms with Crippen molar-refractivity contribution in [2.75, 3.05) is 19.1 Å². The van der Waals surface area contributed by atoms with Gasteiger partial charge in [0.25, 0.3) is 0 Å². The molecule has 0 heterocycles. The van der Waals surface area contributed by atoms with Gasteiger partial charge in [-0.1, -0.05) is 19.9 Å². The summed E-state index contributed by atoms with van der Waals surface area (Å²) in [5.74, 6) is 2.02. The molecule has 1 rings (SSSR count). The minimum Gasteiger partial charge on any atom is -0.496 e. The van der Waals surface area contributed by atoms with E-state index >= 15 is 0 Å². The standard InChI is InChI=1S/C13H20O2S/c1-9(2)11-7-10(12(14)8-16-4)5-6-13(11)15-3/h5-7,9,12,14H,8H2,1-4H3. The van der Waals surface area contributed by atoms with Gasteiger partial charge >= 0.3 is 0 Å². The zero-order chi connectivity index (χ0) is 12.1. The minimum absolute atomic E-state index is 0.390. The van der Waals surface area contributed by atoms with Gasteiger partial charge in [0.15, 0.2) is 0 Å². The van der Waals surface area contributed by atoms with E-state index in [0.29, 0.717) is 5.92 Å². The van der Waals surface area contributed by atoms with Gasteiger partial charge in [-0.3, -0.25) is 0 Å². The van der Waals surface area contributed by atoms with Crippen LogP contribution in [0.15, 0.2) is 18.2 Å². The highest BCUT2D eigenvalue weighted by atomic mass is 32.2. The maximum absolute atomic E-state index is 9.93. The van der Waals surface area contributed by atoms with E-state index in [1.807, 2.05) is 24.5 Å².